The largest absolute Gasteiger partial charge is 0.465 e. The third-order valence-electron chi connectivity index (χ3n) is 8.45. The minimum Gasteiger partial charge on any atom is -0.465 e. The molecule has 3 aliphatic rings. The fourth-order valence-electron chi connectivity index (χ4n) is 6.55. The van der Waals surface area contributed by atoms with E-state index in [4.69, 9.17) is 4.74 Å². The summed E-state index contributed by atoms with van der Waals surface area (Å²) in [6.45, 7) is 6.29. The van der Waals surface area contributed by atoms with E-state index in [-0.39, 0.29) is 48.0 Å². The molecule has 1 aromatic heterocycles. The summed E-state index contributed by atoms with van der Waals surface area (Å²) in [7, 11) is 0. The first kappa shape index (κ1) is 29.7. The van der Waals surface area contributed by atoms with E-state index in [0.29, 0.717) is 42.5 Å². The Morgan fingerprint density at radius 2 is 1.72 bits per heavy atom. The third-order valence-corrected chi connectivity index (χ3v) is 9.69. The number of hydrogen-bond acceptors (Lipinski definition) is 7. The van der Waals surface area contributed by atoms with Gasteiger partial charge in [-0.15, -0.1) is 11.8 Å². The Morgan fingerprint density at radius 1 is 1.07 bits per heavy atom. The molecule has 3 aliphatic heterocycles. The summed E-state index contributed by atoms with van der Waals surface area (Å²) in [5.41, 5.74) is -1.05. The molecule has 0 radical (unpaired) electrons. The van der Waals surface area contributed by atoms with Crippen LogP contribution < -0.4 is 10.6 Å². The van der Waals surface area contributed by atoms with Gasteiger partial charge in [-0.2, -0.15) is 18.2 Å². The fraction of sp³-hybridized carbons (Fsp3) is 0.483. The number of morpholine rings is 1. The van der Waals surface area contributed by atoms with Crippen LogP contribution in [0.25, 0.3) is 22.0 Å². The maximum absolute atomic E-state index is 14.9. The summed E-state index contributed by atoms with van der Waals surface area (Å²) in [5, 5.41) is 9.86. The van der Waals surface area contributed by atoms with Crippen molar-refractivity contribution in [3.63, 3.8) is 0 Å². The smallest absolute Gasteiger partial charge is 0.417 e. The first-order valence-corrected chi connectivity index (χ1v) is 15.1. The molecule has 3 atom stereocenters. The van der Waals surface area contributed by atoms with Gasteiger partial charge >= 0.3 is 18.0 Å². The molecule has 0 bridgehead atoms. The van der Waals surface area contributed by atoms with Gasteiger partial charge in [-0.05, 0) is 37.6 Å². The molecule has 0 spiro atoms. The molecule has 9 nitrogen and oxygen atoms in total. The van der Waals surface area contributed by atoms with Crippen LogP contribution in [0.5, 0.6) is 0 Å². The maximum Gasteiger partial charge on any atom is 0.417 e. The molecule has 2 aromatic carbocycles. The number of piperazine rings is 1. The third kappa shape index (κ3) is 5.44. The zero-order chi connectivity index (χ0) is 30.6. The summed E-state index contributed by atoms with van der Waals surface area (Å²) in [4.78, 5) is 35.5. The number of hydrogen-bond donors (Lipinski definition) is 1. The molecule has 1 amide bonds. The van der Waals surface area contributed by atoms with Gasteiger partial charge in [0.15, 0.2) is 0 Å². The van der Waals surface area contributed by atoms with E-state index >= 15 is 0 Å². The van der Waals surface area contributed by atoms with E-state index < -0.39 is 41.4 Å². The van der Waals surface area contributed by atoms with Crippen LogP contribution in [0.1, 0.15) is 19.4 Å². The van der Waals surface area contributed by atoms with Gasteiger partial charge in [0.25, 0.3) is 0 Å². The number of rotatable bonds is 3. The second kappa shape index (κ2) is 11.3. The number of aromatic nitrogens is 2. The molecule has 1 N–H and O–H groups in total. The van der Waals surface area contributed by atoms with Crippen LogP contribution in [0.3, 0.4) is 0 Å². The topological polar surface area (TPSA) is 91.1 Å². The second-order valence-electron chi connectivity index (χ2n) is 11.3. The van der Waals surface area contributed by atoms with Crippen molar-refractivity contribution in [2.24, 2.45) is 0 Å². The van der Waals surface area contributed by atoms with Crippen LogP contribution >= 0.6 is 11.8 Å². The van der Waals surface area contributed by atoms with Crippen molar-refractivity contribution in [1.82, 2.24) is 19.4 Å². The quantitative estimate of drug-likeness (QED) is 0.425. The van der Waals surface area contributed by atoms with Crippen molar-refractivity contribution in [2.75, 3.05) is 50.0 Å². The van der Waals surface area contributed by atoms with Gasteiger partial charge in [0.2, 0.25) is 0 Å². The summed E-state index contributed by atoms with van der Waals surface area (Å²) in [6.07, 6.45) is -5.86. The normalized spacial score (nSPS) is 23.4. The van der Waals surface area contributed by atoms with Crippen molar-refractivity contribution in [3.05, 3.63) is 52.2 Å². The highest BCUT2D eigenvalue weighted by Crippen LogP contribution is 2.48. The number of anilines is 1. The highest BCUT2D eigenvalue weighted by Gasteiger charge is 2.40. The molecule has 0 saturated carbocycles. The van der Waals surface area contributed by atoms with E-state index in [1.54, 1.807) is 18.7 Å². The predicted molar refractivity (Wildman–Crippen MR) is 154 cm³/mol. The Bertz CT molecular complexity index is 1600. The maximum atomic E-state index is 14.9. The van der Waals surface area contributed by atoms with Gasteiger partial charge in [-0.25, -0.2) is 14.0 Å². The molecular formula is C29H31F4N5O4S. The van der Waals surface area contributed by atoms with Crippen molar-refractivity contribution < 1.29 is 32.2 Å². The zero-order valence-corrected chi connectivity index (χ0v) is 24.4. The van der Waals surface area contributed by atoms with Gasteiger partial charge in [-0.1, -0.05) is 12.1 Å². The molecule has 3 aromatic rings. The summed E-state index contributed by atoms with van der Waals surface area (Å²) >= 11 is 1.26. The Morgan fingerprint density at radius 3 is 2.33 bits per heavy atom. The van der Waals surface area contributed by atoms with Gasteiger partial charge in [0.05, 0.1) is 36.4 Å². The number of alkyl halides is 3. The lowest BCUT2D eigenvalue weighted by atomic mass is 9.96. The SMILES string of the molecule is C[C@@H]1CN(c2nc(=O)n3c4c(c(-c5ccc(F)cc5)c(C(F)(F)F)cc24)SC[C@@H](N2CCOCC2)C3)C[C@H](C)N1C(=O)O. The number of halogens is 4. The Kier molecular flexibility index (Phi) is 7.80. The van der Waals surface area contributed by atoms with Crippen molar-refractivity contribution in [2.45, 2.75) is 49.6 Å². The van der Waals surface area contributed by atoms with Crippen LogP contribution in [-0.4, -0.2) is 93.8 Å². The van der Waals surface area contributed by atoms with E-state index in [2.05, 4.69) is 9.88 Å². The van der Waals surface area contributed by atoms with Crippen LogP contribution in [0, 0.1) is 5.82 Å². The number of nitrogens with zero attached hydrogens (tertiary/aromatic N) is 5. The molecule has 0 unspecified atom stereocenters. The highest BCUT2D eigenvalue weighted by atomic mass is 32.2. The van der Waals surface area contributed by atoms with Crippen LogP contribution in [-0.2, 0) is 17.5 Å². The van der Waals surface area contributed by atoms with Gasteiger partial charge < -0.3 is 14.7 Å². The standard InChI is InChI=1S/C29H31F4N5O4S/c1-16-12-36(13-17(2)38(16)28(40)41)26-21-11-22(29(31,32)33)23(18-3-5-19(30)6-4-18)25-24(21)37(27(39)34-26)14-20(15-43-25)35-7-9-42-10-8-35/h3-6,11,16-17,20H,7-10,12-15H2,1-2H3,(H,40,41)/t16-,17+,20-/m0/s1. The van der Waals surface area contributed by atoms with Crippen molar-refractivity contribution in [1.29, 1.82) is 0 Å². The Balaban J connectivity index is 1.61. The first-order valence-electron chi connectivity index (χ1n) is 14.1. The Hall–Kier alpha value is -3.36. The number of benzene rings is 2. The van der Waals surface area contributed by atoms with Crippen LogP contribution in [0.2, 0.25) is 0 Å². The number of amides is 1. The first-order chi connectivity index (χ1) is 20.4. The van der Waals surface area contributed by atoms with Gasteiger partial charge in [-0.3, -0.25) is 14.4 Å². The summed E-state index contributed by atoms with van der Waals surface area (Å²) in [5.74, 6) is -0.0502. The van der Waals surface area contributed by atoms with E-state index in [1.807, 2.05) is 0 Å². The average Bonchev–Trinajstić information content (AvgIpc) is 3.16. The number of thioether (sulfide) groups is 1. The Labute approximate surface area is 249 Å². The number of carboxylic acid groups (broad SMARTS) is 1. The van der Waals surface area contributed by atoms with E-state index in [0.717, 1.165) is 18.2 Å². The lowest BCUT2D eigenvalue weighted by Crippen LogP contribution is -2.58. The molecule has 230 valence electrons. The van der Waals surface area contributed by atoms with Crippen LogP contribution in [0.4, 0.5) is 28.2 Å². The van der Waals surface area contributed by atoms with Gasteiger partial charge in [0.1, 0.15) is 11.6 Å². The molecule has 6 rings (SSSR count). The molecule has 4 heterocycles. The molecule has 43 heavy (non-hydrogen) atoms. The predicted octanol–water partition coefficient (Wildman–Crippen LogP) is 4.60. The highest BCUT2D eigenvalue weighted by molar-refractivity contribution is 7.99. The van der Waals surface area contributed by atoms with E-state index in [1.165, 1.54) is 33.4 Å². The lowest BCUT2D eigenvalue weighted by Gasteiger charge is -2.43. The minimum absolute atomic E-state index is 0.0998. The fourth-order valence-corrected chi connectivity index (χ4v) is 7.95. The molecule has 2 fully saturated rings. The van der Waals surface area contributed by atoms with Crippen molar-refractivity contribution in [3.8, 4) is 11.1 Å². The lowest BCUT2D eigenvalue weighted by molar-refractivity contribution is -0.137. The van der Waals surface area contributed by atoms with Gasteiger partial charge in [0, 0.05) is 60.4 Å². The number of carbonyl (C=O) groups is 1. The molecule has 14 heteroatoms. The average molecular weight is 622 g/mol. The van der Waals surface area contributed by atoms with Crippen LogP contribution in [0.15, 0.2) is 40.0 Å². The molecule has 0 aliphatic carbocycles. The molecular weight excluding hydrogens is 590 g/mol. The summed E-state index contributed by atoms with van der Waals surface area (Å²) in [6, 6.07) is 4.81. The van der Waals surface area contributed by atoms with E-state index in [9.17, 15) is 32.3 Å². The minimum atomic E-state index is -4.77. The van der Waals surface area contributed by atoms with Crippen molar-refractivity contribution >= 4 is 34.6 Å². The second-order valence-corrected chi connectivity index (χ2v) is 12.3. The monoisotopic (exact) mass is 621 g/mol. The summed E-state index contributed by atoms with van der Waals surface area (Å²) < 4.78 is 65.5. The number of ether oxygens (including phenoxy) is 1. The zero-order valence-electron chi connectivity index (χ0n) is 23.6. The molecule has 2 saturated heterocycles.